The van der Waals surface area contributed by atoms with Crippen molar-refractivity contribution >= 4 is 11.6 Å². The van der Waals surface area contributed by atoms with E-state index in [4.69, 9.17) is 4.74 Å². The van der Waals surface area contributed by atoms with Gasteiger partial charge in [-0.25, -0.2) is 0 Å². The number of pyridine rings is 1. The van der Waals surface area contributed by atoms with E-state index in [0.717, 1.165) is 12.2 Å². The molecular weight excluding hydrogens is 266 g/mol. The van der Waals surface area contributed by atoms with Crippen LogP contribution in [0, 0.1) is 0 Å². The SMILES string of the molecule is CCNc1cnccc1C(=O)N1CC(C)(C)OC(C)(C)C1. The van der Waals surface area contributed by atoms with Gasteiger partial charge in [0.05, 0.1) is 28.6 Å². The van der Waals surface area contributed by atoms with E-state index in [1.54, 1.807) is 18.5 Å². The van der Waals surface area contributed by atoms with Crippen molar-refractivity contribution in [2.24, 2.45) is 0 Å². The second-order valence-electron chi connectivity index (χ2n) is 6.73. The Morgan fingerprint density at radius 1 is 1.33 bits per heavy atom. The smallest absolute Gasteiger partial charge is 0.256 e. The fourth-order valence-corrected chi connectivity index (χ4v) is 3.01. The molecule has 0 aromatic carbocycles. The summed E-state index contributed by atoms with van der Waals surface area (Å²) in [4.78, 5) is 18.8. The summed E-state index contributed by atoms with van der Waals surface area (Å²) in [6, 6.07) is 1.77. The Bertz CT molecular complexity index is 510. The Labute approximate surface area is 126 Å². The minimum atomic E-state index is -0.344. The van der Waals surface area contributed by atoms with Gasteiger partial charge in [0.25, 0.3) is 5.91 Å². The van der Waals surface area contributed by atoms with Crippen LogP contribution in [0.1, 0.15) is 45.0 Å². The van der Waals surface area contributed by atoms with Gasteiger partial charge in [0.2, 0.25) is 0 Å². The lowest BCUT2D eigenvalue weighted by atomic mass is 9.98. The van der Waals surface area contributed by atoms with Gasteiger partial charge in [0, 0.05) is 25.8 Å². The van der Waals surface area contributed by atoms with E-state index in [2.05, 4.69) is 10.3 Å². The van der Waals surface area contributed by atoms with Crippen molar-refractivity contribution in [2.45, 2.75) is 45.8 Å². The molecule has 1 N–H and O–H groups in total. The summed E-state index contributed by atoms with van der Waals surface area (Å²) in [5.41, 5.74) is 0.762. The predicted molar refractivity (Wildman–Crippen MR) is 83.5 cm³/mol. The van der Waals surface area contributed by atoms with E-state index in [9.17, 15) is 4.79 Å². The molecule has 1 aliphatic rings. The number of rotatable bonds is 3. The number of carbonyl (C=O) groups excluding carboxylic acids is 1. The lowest BCUT2D eigenvalue weighted by Crippen LogP contribution is -2.58. The molecule has 5 heteroatoms. The molecule has 1 amide bonds. The Kier molecular flexibility index (Phi) is 4.23. The zero-order valence-corrected chi connectivity index (χ0v) is 13.6. The van der Waals surface area contributed by atoms with Crippen molar-refractivity contribution in [3.8, 4) is 0 Å². The first-order chi connectivity index (χ1) is 9.74. The van der Waals surface area contributed by atoms with Gasteiger partial charge in [0.15, 0.2) is 0 Å². The highest BCUT2D eigenvalue weighted by Crippen LogP contribution is 2.29. The average Bonchev–Trinajstić information content (AvgIpc) is 2.35. The summed E-state index contributed by atoms with van der Waals surface area (Å²) >= 11 is 0. The minimum absolute atomic E-state index is 0.0257. The van der Waals surface area contributed by atoms with Crippen LogP contribution >= 0.6 is 0 Å². The third kappa shape index (κ3) is 3.73. The third-order valence-electron chi connectivity index (χ3n) is 3.40. The summed E-state index contributed by atoms with van der Waals surface area (Å²) in [6.45, 7) is 12.0. The fraction of sp³-hybridized carbons (Fsp3) is 0.625. The lowest BCUT2D eigenvalue weighted by molar-refractivity contribution is -0.171. The van der Waals surface area contributed by atoms with Crippen molar-refractivity contribution < 1.29 is 9.53 Å². The molecule has 0 spiro atoms. The number of carbonyl (C=O) groups is 1. The van der Waals surface area contributed by atoms with Crippen molar-refractivity contribution in [1.29, 1.82) is 0 Å². The Hall–Kier alpha value is -1.62. The molecule has 0 aliphatic carbocycles. The summed E-state index contributed by atoms with van der Waals surface area (Å²) in [5, 5.41) is 3.20. The molecule has 1 aromatic heterocycles. The minimum Gasteiger partial charge on any atom is -0.383 e. The van der Waals surface area contributed by atoms with Gasteiger partial charge in [-0.05, 0) is 40.7 Å². The Morgan fingerprint density at radius 2 is 1.95 bits per heavy atom. The highest BCUT2D eigenvalue weighted by atomic mass is 16.5. The molecule has 1 fully saturated rings. The van der Waals surface area contributed by atoms with Crippen LogP contribution in [-0.2, 0) is 4.74 Å². The van der Waals surface area contributed by atoms with Crippen LogP contribution in [0.3, 0.4) is 0 Å². The van der Waals surface area contributed by atoms with E-state index in [-0.39, 0.29) is 17.1 Å². The van der Waals surface area contributed by atoms with Crippen molar-refractivity contribution in [2.75, 3.05) is 25.0 Å². The average molecular weight is 291 g/mol. The van der Waals surface area contributed by atoms with E-state index >= 15 is 0 Å². The first-order valence-corrected chi connectivity index (χ1v) is 7.41. The van der Waals surface area contributed by atoms with Gasteiger partial charge in [-0.3, -0.25) is 9.78 Å². The maximum absolute atomic E-state index is 12.9. The lowest BCUT2D eigenvalue weighted by Gasteiger charge is -2.47. The topological polar surface area (TPSA) is 54.5 Å². The third-order valence-corrected chi connectivity index (χ3v) is 3.40. The highest BCUT2D eigenvalue weighted by molar-refractivity contribution is 5.99. The van der Waals surface area contributed by atoms with Crippen LogP contribution in [0.5, 0.6) is 0 Å². The molecule has 0 atom stereocenters. The van der Waals surface area contributed by atoms with Gasteiger partial charge in [-0.2, -0.15) is 0 Å². The van der Waals surface area contributed by atoms with E-state index < -0.39 is 0 Å². The van der Waals surface area contributed by atoms with Crippen molar-refractivity contribution in [3.63, 3.8) is 0 Å². The summed E-state index contributed by atoms with van der Waals surface area (Å²) in [6.07, 6.45) is 3.36. The Morgan fingerprint density at radius 3 is 2.52 bits per heavy atom. The number of nitrogens with one attached hydrogen (secondary N) is 1. The molecule has 21 heavy (non-hydrogen) atoms. The van der Waals surface area contributed by atoms with Crippen LogP contribution in [0.25, 0.3) is 0 Å². The van der Waals surface area contributed by atoms with E-state index in [0.29, 0.717) is 18.7 Å². The maximum atomic E-state index is 12.9. The standard InChI is InChI=1S/C16H25N3O2/c1-6-18-13-9-17-8-7-12(13)14(20)19-10-15(2,3)21-16(4,5)11-19/h7-9,18H,6,10-11H2,1-5H3. The Balaban J connectivity index is 2.27. The van der Waals surface area contributed by atoms with Gasteiger partial charge in [0.1, 0.15) is 0 Å². The molecule has 2 rings (SSSR count). The largest absolute Gasteiger partial charge is 0.383 e. The summed E-state index contributed by atoms with van der Waals surface area (Å²) in [7, 11) is 0. The highest BCUT2D eigenvalue weighted by Gasteiger charge is 2.40. The first kappa shape index (κ1) is 15.8. The van der Waals surface area contributed by atoms with Crippen molar-refractivity contribution in [3.05, 3.63) is 24.0 Å². The van der Waals surface area contributed by atoms with Crippen LogP contribution in [-0.4, -0.2) is 46.6 Å². The fourth-order valence-electron chi connectivity index (χ4n) is 3.01. The van der Waals surface area contributed by atoms with Gasteiger partial charge >= 0.3 is 0 Å². The van der Waals surface area contributed by atoms with Crippen LogP contribution in [0.4, 0.5) is 5.69 Å². The van der Waals surface area contributed by atoms with E-state index in [1.807, 2.05) is 39.5 Å². The number of amides is 1. The first-order valence-electron chi connectivity index (χ1n) is 7.41. The van der Waals surface area contributed by atoms with Crippen LogP contribution in [0.15, 0.2) is 18.5 Å². The van der Waals surface area contributed by atoms with Gasteiger partial charge < -0.3 is 15.0 Å². The van der Waals surface area contributed by atoms with Gasteiger partial charge in [-0.1, -0.05) is 0 Å². The number of hydrogen-bond acceptors (Lipinski definition) is 4. The van der Waals surface area contributed by atoms with E-state index in [1.165, 1.54) is 0 Å². The number of ether oxygens (including phenoxy) is 1. The normalized spacial score (nSPS) is 20.1. The molecule has 116 valence electrons. The summed E-state index contributed by atoms with van der Waals surface area (Å²) < 4.78 is 6.03. The zero-order chi connectivity index (χ0) is 15.7. The quantitative estimate of drug-likeness (QED) is 0.930. The molecule has 1 aliphatic heterocycles. The predicted octanol–water partition coefficient (Wildman–Crippen LogP) is 2.54. The molecular formula is C16H25N3O2. The molecule has 0 unspecified atom stereocenters. The number of morpholine rings is 1. The molecule has 0 bridgehead atoms. The molecule has 1 saturated heterocycles. The van der Waals surface area contributed by atoms with Gasteiger partial charge in [-0.15, -0.1) is 0 Å². The number of aromatic nitrogens is 1. The van der Waals surface area contributed by atoms with Crippen LogP contribution in [0.2, 0.25) is 0 Å². The zero-order valence-electron chi connectivity index (χ0n) is 13.6. The molecule has 5 nitrogen and oxygen atoms in total. The number of nitrogens with zero attached hydrogens (tertiary/aromatic N) is 2. The number of hydrogen-bond donors (Lipinski definition) is 1. The molecule has 1 aromatic rings. The molecule has 2 heterocycles. The maximum Gasteiger partial charge on any atom is 0.256 e. The van der Waals surface area contributed by atoms with Crippen LogP contribution < -0.4 is 5.32 Å². The summed E-state index contributed by atoms with van der Waals surface area (Å²) in [5.74, 6) is 0.0257. The number of anilines is 1. The second kappa shape index (κ2) is 5.64. The molecule has 0 saturated carbocycles. The monoisotopic (exact) mass is 291 g/mol. The second-order valence-corrected chi connectivity index (χ2v) is 6.73. The molecule has 0 radical (unpaired) electrons. The van der Waals surface area contributed by atoms with Crippen molar-refractivity contribution in [1.82, 2.24) is 9.88 Å².